The molecule has 1 aromatic carbocycles. The van der Waals surface area contributed by atoms with Crippen molar-refractivity contribution in [1.82, 2.24) is 5.32 Å². The number of nitrogens with two attached hydrogens (primary N) is 1. The number of nitrogens with one attached hydrogen (secondary N) is 1. The van der Waals surface area contributed by atoms with Crippen molar-refractivity contribution in [2.24, 2.45) is 11.7 Å². The lowest BCUT2D eigenvalue weighted by atomic mass is 10.0. The van der Waals surface area contributed by atoms with Gasteiger partial charge < -0.3 is 15.8 Å². The van der Waals surface area contributed by atoms with E-state index in [0.717, 1.165) is 30.6 Å². The van der Waals surface area contributed by atoms with Crippen molar-refractivity contribution >= 4 is 5.91 Å². The van der Waals surface area contributed by atoms with Crippen molar-refractivity contribution < 1.29 is 9.53 Å². The number of hydrogen-bond donors (Lipinski definition) is 2. The van der Waals surface area contributed by atoms with Gasteiger partial charge in [0.15, 0.2) is 0 Å². The Bertz CT molecular complexity index is 401. The molecule has 1 aromatic rings. The monoisotopic (exact) mass is 248 g/mol. The van der Waals surface area contributed by atoms with Gasteiger partial charge in [0.25, 0.3) is 0 Å². The first-order chi connectivity index (χ1) is 8.81. The minimum Gasteiger partial charge on any atom is -0.381 e. The Balaban J connectivity index is 1.88. The Labute approximate surface area is 108 Å². The molecule has 0 aliphatic carbocycles. The zero-order chi connectivity index (χ0) is 12.8. The molecule has 1 fully saturated rings. The summed E-state index contributed by atoms with van der Waals surface area (Å²) in [5.74, 6) is 0.0883. The molecular formula is C14H20N2O2. The molecule has 1 amide bonds. The van der Waals surface area contributed by atoms with E-state index in [1.54, 1.807) is 0 Å². The number of carbonyl (C=O) groups is 1. The Morgan fingerprint density at radius 3 is 2.83 bits per heavy atom. The van der Waals surface area contributed by atoms with E-state index < -0.39 is 0 Å². The standard InChI is InChI=1S/C14H20N2O2/c15-8-11-4-1-2-5-12(11)9-16-14(17)13-6-3-7-18-10-13/h1-2,4-5,13H,3,6-10,15H2,(H,16,17). The molecule has 2 rings (SSSR count). The number of rotatable bonds is 4. The maximum atomic E-state index is 11.9. The number of amides is 1. The van der Waals surface area contributed by atoms with Gasteiger partial charge in [-0.1, -0.05) is 24.3 Å². The smallest absolute Gasteiger partial charge is 0.225 e. The van der Waals surface area contributed by atoms with Crippen LogP contribution in [0.5, 0.6) is 0 Å². The zero-order valence-corrected chi connectivity index (χ0v) is 10.5. The van der Waals surface area contributed by atoms with Crippen molar-refractivity contribution in [1.29, 1.82) is 0 Å². The normalized spacial score (nSPS) is 19.5. The third kappa shape index (κ3) is 3.31. The second kappa shape index (κ2) is 6.52. The molecule has 98 valence electrons. The summed E-state index contributed by atoms with van der Waals surface area (Å²) in [6.07, 6.45) is 1.89. The lowest BCUT2D eigenvalue weighted by Gasteiger charge is -2.21. The maximum Gasteiger partial charge on any atom is 0.225 e. The SMILES string of the molecule is NCc1ccccc1CNC(=O)C1CCCOC1. The van der Waals surface area contributed by atoms with Crippen molar-refractivity contribution in [3.63, 3.8) is 0 Å². The van der Waals surface area contributed by atoms with Gasteiger partial charge in [-0.25, -0.2) is 0 Å². The summed E-state index contributed by atoms with van der Waals surface area (Å²) in [5.41, 5.74) is 7.84. The van der Waals surface area contributed by atoms with E-state index in [1.165, 1.54) is 0 Å². The molecule has 1 aliphatic rings. The molecular weight excluding hydrogens is 228 g/mol. The largest absolute Gasteiger partial charge is 0.381 e. The molecule has 3 N–H and O–H groups in total. The molecule has 0 aromatic heterocycles. The summed E-state index contributed by atoms with van der Waals surface area (Å²) in [6, 6.07) is 7.91. The van der Waals surface area contributed by atoms with Gasteiger partial charge in [-0.15, -0.1) is 0 Å². The summed E-state index contributed by atoms with van der Waals surface area (Å²) in [5, 5.41) is 2.97. The highest BCUT2D eigenvalue weighted by Gasteiger charge is 2.21. The predicted octanol–water partition coefficient (Wildman–Crippen LogP) is 1.19. The third-order valence-corrected chi connectivity index (χ3v) is 3.32. The van der Waals surface area contributed by atoms with Crippen molar-refractivity contribution in [2.45, 2.75) is 25.9 Å². The summed E-state index contributed by atoms with van der Waals surface area (Å²) in [7, 11) is 0. The molecule has 4 nitrogen and oxygen atoms in total. The van der Waals surface area contributed by atoms with Crippen LogP contribution in [0, 0.1) is 5.92 Å². The molecule has 1 atom stereocenters. The molecule has 1 saturated heterocycles. The summed E-state index contributed by atoms with van der Waals surface area (Å²) >= 11 is 0. The summed E-state index contributed by atoms with van der Waals surface area (Å²) in [4.78, 5) is 11.9. The fraction of sp³-hybridized carbons (Fsp3) is 0.500. The Morgan fingerprint density at radius 1 is 1.39 bits per heavy atom. The number of ether oxygens (including phenoxy) is 1. The van der Waals surface area contributed by atoms with Gasteiger partial charge in [0.1, 0.15) is 0 Å². The Morgan fingerprint density at radius 2 is 2.17 bits per heavy atom. The van der Waals surface area contributed by atoms with Crippen LogP contribution in [-0.4, -0.2) is 19.1 Å². The molecule has 18 heavy (non-hydrogen) atoms. The van der Waals surface area contributed by atoms with Crippen LogP contribution in [0.2, 0.25) is 0 Å². The quantitative estimate of drug-likeness (QED) is 0.841. The molecule has 0 radical (unpaired) electrons. The molecule has 0 bridgehead atoms. The number of benzene rings is 1. The van der Waals surface area contributed by atoms with Crippen LogP contribution in [0.25, 0.3) is 0 Å². The van der Waals surface area contributed by atoms with E-state index in [2.05, 4.69) is 5.32 Å². The molecule has 0 spiro atoms. The van der Waals surface area contributed by atoms with Crippen LogP contribution < -0.4 is 11.1 Å². The minimum absolute atomic E-state index is 0.00351. The second-order valence-electron chi connectivity index (χ2n) is 4.60. The van der Waals surface area contributed by atoms with Gasteiger partial charge in [-0.05, 0) is 24.0 Å². The molecule has 1 unspecified atom stereocenters. The topological polar surface area (TPSA) is 64.3 Å². The van der Waals surface area contributed by atoms with Crippen LogP contribution in [0.4, 0.5) is 0 Å². The summed E-state index contributed by atoms with van der Waals surface area (Å²) in [6.45, 7) is 2.37. The Hall–Kier alpha value is -1.39. The lowest BCUT2D eigenvalue weighted by Crippen LogP contribution is -2.35. The molecule has 1 aliphatic heterocycles. The van der Waals surface area contributed by atoms with Gasteiger partial charge in [0.05, 0.1) is 12.5 Å². The third-order valence-electron chi connectivity index (χ3n) is 3.32. The highest BCUT2D eigenvalue weighted by atomic mass is 16.5. The van der Waals surface area contributed by atoms with E-state index >= 15 is 0 Å². The van der Waals surface area contributed by atoms with Crippen molar-refractivity contribution in [2.75, 3.05) is 13.2 Å². The van der Waals surface area contributed by atoms with Crippen LogP contribution in [0.1, 0.15) is 24.0 Å². The van der Waals surface area contributed by atoms with E-state index in [1.807, 2.05) is 24.3 Å². The molecule has 0 saturated carbocycles. The highest BCUT2D eigenvalue weighted by molar-refractivity contribution is 5.78. The molecule has 1 heterocycles. The van der Waals surface area contributed by atoms with Crippen LogP contribution in [0.15, 0.2) is 24.3 Å². The second-order valence-corrected chi connectivity index (χ2v) is 4.60. The minimum atomic E-state index is 0.00351. The van der Waals surface area contributed by atoms with Crippen molar-refractivity contribution in [3.8, 4) is 0 Å². The van der Waals surface area contributed by atoms with E-state index in [-0.39, 0.29) is 11.8 Å². The fourth-order valence-electron chi connectivity index (χ4n) is 2.20. The van der Waals surface area contributed by atoms with Crippen LogP contribution >= 0.6 is 0 Å². The van der Waals surface area contributed by atoms with E-state index in [9.17, 15) is 4.79 Å². The number of hydrogen-bond acceptors (Lipinski definition) is 3. The van der Waals surface area contributed by atoms with Crippen LogP contribution in [0.3, 0.4) is 0 Å². The predicted molar refractivity (Wildman–Crippen MR) is 69.7 cm³/mol. The first-order valence-corrected chi connectivity index (χ1v) is 6.43. The number of carbonyl (C=O) groups excluding carboxylic acids is 1. The first kappa shape index (κ1) is 13.1. The van der Waals surface area contributed by atoms with Crippen molar-refractivity contribution in [3.05, 3.63) is 35.4 Å². The fourth-order valence-corrected chi connectivity index (χ4v) is 2.20. The van der Waals surface area contributed by atoms with Crippen LogP contribution in [-0.2, 0) is 22.6 Å². The average molecular weight is 248 g/mol. The zero-order valence-electron chi connectivity index (χ0n) is 10.5. The van der Waals surface area contributed by atoms with Gasteiger partial charge in [-0.2, -0.15) is 0 Å². The average Bonchev–Trinajstić information content (AvgIpc) is 2.46. The van der Waals surface area contributed by atoms with Gasteiger partial charge in [0, 0.05) is 19.7 Å². The van der Waals surface area contributed by atoms with Gasteiger partial charge in [0.2, 0.25) is 5.91 Å². The van der Waals surface area contributed by atoms with E-state index in [4.69, 9.17) is 10.5 Å². The van der Waals surface area contributed by atoms with Gasteiger partial charge in [-0.3, -0.25) is 4.79 Å². The first-order valence-electron chi connectivity index (χ1n) is 6.43. The Kier molecular flexibility index (Phi) is 4.73. The van der Waals surface area contributed by atoms with Gasteiger partial charge >= 0.3 is 0 Å². The summed E-state index contributed by atoms with van der Waals surface area (Å²) < 4.78 is 5.32. The van der Waals surface area contributed by atoms with E-state index in [0.29, 0.717) is 19.7 Å². The maximum absolute atomic E-state index is 11.9. The lowest BCUT2D eigenvalue weighted by molar-refractivity contribution is -0.129. The molecule has 4 heteroatoms. The highest BCUT2D eigenvalue weighted by Crippen LogP contribution is 2.14.